The van der Waals surface area contributed by atoms with E-state index in [1.165, 1.54) is 0 Å². The molecule has 0 radical (unpaired) electrons. The molecule has 0 unspecified atom stereocenters. The zero-order valence-electron chi connectivity index (χ0n) is 12.0. The molecular formula is C17H18N2O. The topological polar surface area (TPSA) is 35.0 Å². The minimum atomic E-state index is 0.653. The number of nitrogens with zero attached hydrogens (tertiary/aromatic N) is 2. The molecule has 3 nitrogen and oxygen atoms in total. The van der Waals surface area contributed by atoms with Gasteiger partial charge in [0.1, 0.15) is 0 Å². The lowest BCUT2D eigenvalue weighted by Gasteiger charge is -2.08. The lowest BCUT2D eigenvalue weighted by atomic mass is 10.1. The molecule has 0 saturated heterocycles. The van der Waals surface area contributed by atoms with Gasteiger partial charge in [0, 0.05) is 23.3 Å². The van der Waals surface area contributed by atoms with Crippen LogP contribution in [0.2, 0.25) is 0 Å². The fourth-order valence-corrected chi connectivity index (χ4v) is 1.99. The smallest absolute Gasteiger partial charge is 0.221 e. The van der Waals surface area contributed by atoms with E-state index < -0.39 is 0 Å². The maximum Gasteiger partial charge on any atom is 0.221 e. The van der Waals surface area contributed by atoms with E-state index >= 15 is 0 Å². The van der Waals surface area contributed by atoms with Crippen LogP contribution in [-0.2, 0) is 0 Å². The molecule has 0 aliphatic heterocycles. The van der Waals surface area contributed by atoms with Crippen molar-refractivity contribution < 1.29 is 4.74 Å². The van der Waals surface area contributed by atoms with Crippen molar-refractivity contribution in [2.24, 2.45) is 0 Å². The van der Waals surface area contributed by atoms with Crippen molar-refractivity contribution in [3.63, 3.8) is 0 Å². The van der Waals surface area contributed by atoms with Gasteiger partial charge in [-0.2, -0.15) is 0 Å². The third-order valence-corrected chi connectivity index (χ3v) is 2.87. The van der Waals surface area contributed by atoms with E-state index in [0.29, 0.717) is 5.88 Å². The molecule has 0 atom stereocenters. The van der Waals surface area contributed by atoms with Gasteiger partial charge in [0.25, 0.3) is 0 Å². The lowest BCUT2D eigenvalue weighted by Crippen LogP contribution is -1.92. The second-order valence-corrected chi connectivity index (χ2v) is 3.97. The number of benzene rings is 1. The van der Waals surface area contributed by atoms with Crippen molar-refractivity contribution in [2.45, 2.75) is 13.8 Å². The van der Waals surface area contributed by atoms with Crippen LogP contribution in [0.25, 0.3) is 22.0 Å². The van der Waals surface area contributed by atoms with Crippen molar-refractivity contribution in [1.82, 2.24) is 9.97 Å². The zero-order valence-corrected chi connectivity index (χ0v) is 12.0. The number of fused-ring (bicyclic) bond motifs is 1. The molecule has 0 bridgehead atoms. The Labute approximate surface area is 119 Å². The van der Waals surface area contributed by atoms with Crippen LogP contribution in [0.4, 0.5) is 0 Å². The highest BCUT2D eigenvalue weighted by molar-refractivity contribution is 5.89. The molecule has 0 fully saturated rings. The Kier molecular flexibility index (Phi) is 4.66. The number of hydrogen-bond donors (Lipinski definition) is 0. The van der Waals surface area contributed by atoms with Gasteiger partial charge in [-0.05, 0) is 29.7 Å². The number of pyridine rings is 2. The maximum atomic E-state index is 5.36. The molecular weight excluding hydrogens is 248 g/mol. The SMILES string of the molecule is CC.COc1nc(-c2ccncc2)cc2ccccc12. The highest BCUT2D eigenvalue weighted by Gasteiger charge is 2.07. The molecule has 0 amide bonds. The van der Waals surface area contributed by atoms with E-state index in [1.807, 2.05) is 44.2 Å². The van der Waals surface area contributed by atoms with Crippen LogP contribution in [0.3, 0.4) is 0 Å². The Hall–Kier alpha value is -2.42. The van der Waals surface area contributed by atoms with Gasteiger partial charge >= 0.3 is 0 Å². The van der Waals surface area contributed by atoms with Gasteiger partial charge in [0.2, 0.25) is 5.88 Å². The van der Waals surface area contributed by atoms with Crippen LogP contribution in [-0.4, -0.2) is 17.1 Å². The molecule has 0 N–H and O–H groups in total. The van der Waals surface area contributed by atoms with Gasteiger partial charge in [-0.3, -0.25) is 4.98 Å². The van der Waals surface area contributed by atoms with Gasteiger partial charge < -0.3 is 4.74 Å². The minimum absolute atomic E-state index is 0.653. The number of ether oxygens (including phenoxy) is 1. The van der Waals surface area contributed by atoms with E-state index in [4.69, 9.17) is 4.74 Å². The quantitative estimate of drug-likeness (QED) is 0.692. The van der Waals surface area contributed by atoms with Crippen LogP contribution >= 0.6 is 0 Å². The van der Waals surface area contributed by atoms with Crippen LogP contribution in [0.5, 0.6) is 5.88 Å². The standard InChI is InChI=1S/C15H12N2O.C2H6/c1-18-15-13-5-3-2-4-12(13)10-14(17-15)11-6-8-16-9-7-11;1-2/h2-10H,1H3;1-2H3. The highest BCUT2D eigenvalue weighted by Crippen LogP contribution is 2.28. The Morgan fingerprint density at radius 3 is 2.35 bits per heavy atom. The molecule has 0 aliphatic rings. The van der Waals surface area contributed by atoms with Gasteiger partial charge in [-0.25, -0.2) is 4.98 Å². The minimum Gasteiger partial charge on any atom is -0.481 e. The molecule has 2 heterocycles. The molecule has 1 aromatic carbocycles. The summed E-state index contributed by atoms with van der Waals surface area (Å²) >= 11 is 0. The highest BCUT2D eigenvalue weighted by atomic mass is 16.5. The summed E-state index contributed by atoms with van der Waals surface area (Å²) in [7, 11) is 1.64. The molecule has 102 valence electrons. The first kappa shape index (κ1) is 14.0. The van der Waals surface area contributed by atoms with Crippen molar-refractivity contribution in [3.05, 3.63) is 54.9 Å². The van der Waals surface area contributed by atoms with Gasteiger partial charge in [-0.15, -0.1) is 0 Å². The lowest BCUT2D eigenvalue weighted by molar-refractivity contribution is 0.404. The summed E-state index contributed by atoms with van der Waals surface area (Å²) in [5.41, 5.74) is 1.93. The van der Waals surface area contributed by atoms with Crippen LogP contribution in [0.1, 0.15) is 13.8 Å². The molecule has 3 rings (SSSR count). The summed E-state index contributed by atoms with van der Waals surface area (Å²) in [4.78, 5) is 8.56. The third-order valence-electron chi connectivity index (χ3n) is 2.87. The Morgan fingerprint density at radius 2 is 1.65 bits per heavy atom. The van der Waals surface area contributed by atoms with Crippen LogP contribution in [0.15, 0.2) is 54.9 Å². The van der Waals surface area contributed by atoms with E-state index in [1.54, 1.807) is 19.5 Å². The van der Waals surface area contributed by atoms with E-state index in [9.17, 15) is 0 Å². The van der Waals surface area contributed by atoms with Crippen molar-refractivity contribution >= 4 is 10.8 Å². The second kappa shape index (κ2) is 6.66. The predicted octanol–water partition coefficient (Wildman–Crippen LogP) is 4.33. The maximum absolute atomic E-state index is 5.36. The number of methoxy groups -OCH3 is 1. The summed E-state index contributed by atoms with van der Waals surface area (Å²) in [6.45, 7) is 4.00. The third kappa shape index (κ3) is 2.77. The molecule has 3 aromatic rings. The summed E-state index contributed by atoms with van der Waals surface area (Å²) in [6, 6.07) is 14.0. The number of aromatic nitrogens is 2. The predicted molar refractivity (Wildman–Crippen MR) is 82.9 cm³/mol. The van der Waals surface area contributed by atoms with E-state index in [2.05, 4.69) is 22.1 Å². The Morgan fingerprint density at radius 1 is 0.950 bits per heavy atom. The number of rotatable bonds is 2. The molecule has 3 heteroatoms. The Balaban J connectivity index is 0.000000704. The normalized spacial score (nSPS) is 9.75. The van der Waals surface area contributed by atoms with Crippen molar-refractivity contribution in [3.8, 4) is 17.1 Å². The monoisotopic (exact) mass is 266 g/mol. The average Bonchev–Trinajstić information content (AvgIpc) is 2.56. The summed E-state index contributed by atoms with van der Waals surface area (Å²) in [5, 5.41) is 2.15. The van der Waals surface area contributed by atoms with Crippen molar-refractivity contribution in [1.29, 1.82) is 0 Å². The van der Waals surface area contributed by atoms with Gasteiger partial charge in [0.05, 0.1) is 12.8 Å². The fraction of sp³-hybridized carbons (Fsp3) is 0.176. The zero-order chi connectivity index (χ0) is 14.4. The van der Waals surface area contributed by atoms with E-state index in [0.717, 1.165) is 22.0 Å². The first-order valence-electron chi connectivity index (χ1n) is 6.72. The van der Waals surface area contributed by atoms with Gasteiger partial charge in [0.15, 0.2) is 0 Å². The van der Waals surface area contributed by atoms with Crippen LogP contribution < -0.4 is 4.74 Å². The fourth-order valence-electron chi connectivity index (χ4n) is 1.99. The second-order valence-electron chi connectivity index (χ2n) is 3.97. The van der Waals surface area contributed by atoms with Crippen LogP contribution in [0, 0.1) is 0 Å². The molecule has 20 heavy (non-hydrogen) atoms. The summed E-state index contributed by atoms with van der Waals surface area (Å²) in [6.07, 6.45) is 3.53. The molecule has 0 saturated carbocycles. The molecule has 0 spiro atoms. The van der Waals surface area contributed by atoms with Gasteiger partial charge in [-0.1, -0.05) is 32.0 Å². The number of hydrogen-bond acceptors (Lipinski definition) is 3. The molecule has 2 aromatic heterocycles. The first-order valence-corrected chi connectivity index (χ1v) is 6.72. The summed E-state index contributed by atoms with van der Waals surface area (Å²) in [5.74, 6) is 0.653. The largest absolute Gasteiger partial charge is 0.481 e. The Bertz CT molecular complexity index is 681. The average molecular weight is 266 g/mol. The van der Waals surface area contributed by atoms with Crippen molar-refractivity contribution in [2.75, 3.05) is 7.11 Å². The molecule has 0 aliphatic carbocycles. The van der Waals surface area contributed by atoms with E-state index in [-0.39, 0.29) is 0 Å². The summed E-state index contributed by atoms with van der Waals surface area (Å²) < 4.78 is 5.36. The first-order chi connectivity index (χ1) is 9.88.